The molecule has 0 saturated carbocycles. The zero-order valence-electron chi connectivity index (χ0n) is 10.3. The number of nitrogens with one attached hydrogen (secondary N) is 3. The van der Waals surface area contributed by atoms with E-state index in [4.69, 9.17) is 0 Å². The van der Waals surface area contributed by atoms with Gasteiger partial charge in [0.1, 0.15) is 6.54 Å². The SMILES string of the molecule is CCOC(=O)CNC(=O)NCCN1CCNC1=O. The predicted molar refractivity (Wildman–Crippen MR) is 63.0 cm³/mol. The summed E-state index contributed by atoms with van der Waals surface area (Å²) in [5.74, 6) is -0.480. The van der Waals surface area contributed by atoms with Gasteiger partial charge in [0, 0.05) is 26.2 Å². The number of carbonyl (C=O) groups excluding carboxylic acids is 3. The van der Waals surface area contributed by atoms with E-state index in [0.717, 1.165) is 0 Å². The van der Waals surface area contributed by atoms with Gasteiger partial charge in [-0.1, -0.05) is 0 Å². The van der Waals surface area contributed by atoms with Crippen molar-refractivity contribution in [3.05, 3.63) is 0 Å². The lowest BCUT2D eigenvalue weighted by atomic mass is 10.5. The van der Waals surface area contributed by atoms with Crippen molar-refractivity contribution >= 4 is 18.0 Å². The molecule has 18 heavy (non-hydrogen) atoms. The van der Waals surface area contributed by atoms with E-state index in [1.54, 1.807) is 11.8 Å². The molecule has 1 aliphatic rings. The number of hydrogen-bond donors (Lipinski definition) is 3. The van der Waals surface area contributed by atoms with E-state index in [9.17, 15) is 14.4 Å². The van der Waals surface area contributed by atoms with E-state index in [2.05, 4.69) is 20.7 Å². The molecule has 1 saturated heterocycles. The second-order valence-corrected chi connectivity index (χ2v) is 3.63. The minimum Gasteiger partial charge on any atom is -0.465 e. The van der Waals surface area contributed by atoms with Crippen LogP contribution in [-0.4, -0.2) is 62.3 Å². The average Bonchev–Trinajstić information content (AvgIpc) is 2.73. The normalized spacial score (nSPS) is 14.1. The van der Waals surface area contributed by atoms with Gasteiger partial charge in [-0.3, -0.25) is 4.79 Å². The first-order chi connectivity index (χ1) is 8.63. The van der Waals surface area contributed by atoms with Crippen molar-refractivity contribution < 1.29 is 19.1 Å². The highest BCUT2D eigenvalue weighted by atomic mass is 16.5. The lowest BCUT2D eigenvalue weighted by Gasteiger charge is -2.14. The highest BCUT2D eigenvalue weighted by Crippen LogP contribution is 1.94. The summed E-state index contributed by atoms with van der Waals surface area (Å²) >= 11 is 0. The number of hydrogen-bond acceptors (Lipinski definition) is 4. The molecule has 102 valence electrons. The fourth-order valence-electron chi connectivity index (χ4n) is 1.46. The third-order valence-electron chi connectivity index (χ3n) is 2.31. The average molecular weight is 258 g/mol. The summed E-state index contributed by atoms with van der Waals surface area (Å²) in [6.07, 6.45) is 0. The van der Waals surface area contributed by atoms with Crippen molar-refractivity contribution in [2.24, 2.45) is 0 Å². The molecule has 0 atom stereocenters. The summed E-state index contributed by atoms with van der Waals surface area (Å²) in [5, 5.41) is 7.57. The minimum absolute atomic E-state index is 0.122. The molecule has 0 spiro atoms. The highest BCUT2D eigenvalue weighted by Gasteiger charge is 2.18. The van der Waals surface area contributed by atoms with Crippen LogP contribution in [-0.2, 0) is 9.53 Å². The molecular weight excluding hydrogens is 240 g/mol. The van der Waals surface area contributed by atoms with E-state index in [1.807, 2.05) is 0 Å². The Bertz CT molecular complexity index is 321. The fraction of sp³-hybridized carbons (Fsp3) is 0.700. The zero-order valence-corrected chi connectivity index (χ0v) is 10.3. The number of nitrogens with zero attached hydrogens (tertiary/aromatic N) is 1. The number of rotatable bonds is 6. The van der Waals surface area contributed by atoms with Gasteiger partial charge in [-0.2, -0.15) is 0 Å². The van der Waals surface area contributed by atoms with Gasteiger partial charge in [0.05, 0.1) is 6.61 Å². The number of carbonyl (C=O) groups is 3. The van der Waals surface area contributed by atoms with Crippen LogP contribution in [0.25, 0.3) is 0 Å². The molecule has 3 N–H and O–H groups in total. The van der Waals surface area contributed by atoms with Gasteiger partial charge in [0.25, 0.3) is 0 Å². The number of esters is 1. The van der Waals surface area contributed by atoms with Gasteiger partial charge in [-0.25, -0.2) is 9.59 Å². The second kappa shape index (κ2) is 7.36. The molecule has 4 amide bonds. The third kappa shape index (κ3) is 4.89. The van der Waals surface area contributed by atoms with Gasteiger partial charge in [-0.05, 0) is 6.92 Å². The Morgan fingerprint density at radius 1 is 1.44 bits per heavy atom. The Morgan fingerprint density at radius 3 is 2.83 bits per heavy atom. The maximum atomic E-state index is 11.3. The Morgan fingerprint density at radius 2 is 2.22 bits per heavy atom. The molecule has 0 bridgehead atoms. The molecule has 0 aromatic carbocycles. The second-order valence-electron chi connectivity index (χ2n) is 3.63. The molecule has 1 aliphatic heterocycles. The summed E-state index contributed by atoms with van der Waals surface area (Å²) in [6, 6.07) is -0.577. The Labute approximate surface area is 105 Å². The van der Waals surface area contributed by atoms with Crippen LogP contribution in [0.3, 0.4) is 0 Å². The Hall–Kier alpha value is -1.99. The van der Waals surface area contributed by atoms with E-state index in [1.165, 1.54) is 0 Å². The fourth-order valence-corrected chi connectivity index (χ4v) is 1.46. The largest absolute Gasteiger partial charge is 0.465 e. The first kappa shape index (κ1) is 14.1. The van der Waals surface area contributed by atoms with Gasteiger partial charge in [0.15, 0.2) is 0 Å². The molecule has 0 radical (unpaired) electrons. The molecule has 1 rings (SSSR count). The molecule has 0 aliphatic carbocycles. The van der Waals surface area contributed by atoms with Crippen molar-refractivity contribution in [3.63, 3.8) is 0 Å². The van der Waals surface area contributed by atoms with Crippen LogP contribution < -0.4 is 16.0 Å². The van der Waals surface area contributed by atoms with E-state index in [0.29, 0.717) is 26.2 Å². The summed E-state index contributed by atoms with van der Waals surface area (Å²) < 4.78 is 4.65. The molecule has 0 aromatic rings. The van der Waals surface area contributed by atoms with Crippen molar-refractivity contribution in [2.45, 2.75) is 6.92 Å². The van der Waals surface area contributed by atoms with Crippen LogP contribution in [0.15, 0.2) is 0 Å². The zero-order chi connectivity index (χ0) is 13.4. The van der Waals surface area contributed by atoms with Crippen molar-refractivity contribution in [2.75, 3.05) is 39.3 Å². The van der Waals surface area contributed by atoms with Crippen molar-refractivity contribution in [1.82, 2.24) is 20.9 Å². The van der Waals surface area contributed by atoms with Crippen molar-refractivity contribution in [1.29, 1.82) is 0 Å². The molecule has 0 aromatic heterocycles. The van der Waals surface area contributed by atoms with E-state index in [-0.39, 0.29) is 19.2 Å². The Balaban J connectivity index is 2.06. The smallest absolute Gasteiger partial charge is 0.325 e. The predicted octanol–water partition coefficient (Wildman–Crippen LogP) is -1.13. The van der Waals surface area contributed by atoms with Crippen LogP contribution in [0, 0.1) is 0 Å². The van der Waals surface area contributed by atoms with Crippen LogP contribution in [0.5, 0.6) is 0 Å². The van der Waals surface area contributed by atoms with Gasteiger partial charge in [-0.15, -0.1) is 0 Å². The number of amides is 4. The standard InChI is InChI=1S/C10H18N4O4/c1-2-18-8(15)7-13-9(16)11-3-5-14-6-4-12-10(14)17/h2-7H2,1H3,(H,12,17)(H2,11,13,16). The van der Waals surface area contributed by atoms with E-state index >= 15 is 0 Å². The third-order valence-corrected chi connectivity index (χ3v) is 2.31. The molecule has 8 nitrogen and oxygen atoms in total. The molecule has 8 heteroatoms. The van der Waals surface area contributed by atoms with Crippen LogP contribution in [0.1, 0.15) is 6.92 Å². The number of urea groups is 2. The first-order valence-electron chi connectivity index (χ1n) is 5.83. The van der Waals surface area contributed by atoms with Gasteiger partial charge >= 0.3 is 18.0 Å². The minimum atomic E-state index is -0.480. The lowest BCUT2D eigenvalue weighted by Crippen LogP contribution is -2.42. The molecular formula is C10H18N4O4. The lowest BCUT2D eigenvalue weighted by molar-refractivity contribution is -0.141. The summed E-state index contributed by atoms with van der Waals surface area (Å²) in [7, 11) is 0. The van der Waals surface area contributed by atoms with Gasteiger partial charge in [0.2, 0.25) is 0 Å². The van der Waals surface area contributed by atoms with Crippen LogP contribution in [0.2, 0.25) is 0 Å². The van der Waals surface area contributed by atoms with E-state index < -0.39 is 12.0 Å². The topological polar surface area (TPSA) is 99.8 Å². The van der Waals surface area contributed by atoms with Gasteiger partial charge < -0.3 is 25.6 Å². The molecule has 0 unspecified atom stereocenters. The van der Waals surface area contributed by atoms with Crippen LogP contribution in [0.4, 0.5) is 9.59 Å². The van der Waals surface area contributed by atoms with Crippen molar-refractivity contribution in [3.8, 4) is 0 Å². The summed E-state index contributed by atoms with van der Waals surface area (Å²) in [6.45, 7) is 3.87. The molecule has 1 heterocycles. The Kier molecular flexibility index (Phi) is 5.75. The highest BCUT2D eigenvalue weighted by molar-refractivity contribution is 5.80. The maximum Gasteiger partial charge on any atom is 0.325 e. The molecule has 1 fully saturated rings. The monoisotopic (exact) mass is 258 g/mol. The number of ether oxygens (including phenoxy) is 1. The maximum absolute atomic E-state index is 11.3. The summed E-state index contributed by atoms with van der Waals surface area (Å²) in [5.41, 5.74) is 0. The first-order valence-corrected chi connectivity index (χ1v) is 5.83. The quantitative estimate of drug-likeness (QED) is 0.525. The summed E-state index contributed by atoms with van der Waals surface area (Å²) in [4.78, 5) is 35.0. The van der Waals surface area contributed by atoms with Crippen LogP contribution >= 0.6 is 0 Å².